The Morgan fingerprint density at radius 3 is 2.53 bits per heavy atom. The third-order valence-corrected chi connectivity index (χ3v) is 2.26. The van der Waals surface area contributed by atoms with Crippen LogP contribution in [0.15, 0.2) is 24.8 Å². The number of hydrogen-bond donors (Lipinski definition) is 1. The van der Waals surface area contributed by atoms with Crippen molar-refractivity contribution in [2.24, 2.45) is 0 Å². The molecule has 0 heterocycles. The lowest BCUT2D eigenvalue weighted by atomic mass is 10.0. The summed E-state index contributed by atoms with van der Waals surface area (Å²) in [5.41, 5.74) is 1.77. The number of rotatable bonds is 5. The van der Waals surface area contributed by atoms with E-state index in [4.69, 9.17) is 9.47 Å². The van der Waals surface area contributed by atoms with E-state index >= 15 is 0 Å². The summed E-state index contributed by atoms with van der Waals surface area (Å²) in [4.78, 5) is 0. The van der Waals surface area contributed by atoms with Gasteiger partial charge in [0.25, 0.3) is 0 Å². The second-order valence-corrected chi connectivity index (χ2v) is 3.09. The molecule has 0 spiro atoms. The Hall–Kier alpha value is -1.48. The summed E-state index contributed by atoms with van der Waals surface area (Å²) < 4.78 is 10.5. The van der Waals surface area contributed by atoms with E-state index in [0.29, 0.717) is 17.9 Å². The Morgan fingerprint density at radius 2 is 2.07 bits per heavy atom. The van der Waals surface area contributed by atoms with Crippen LogP contribution in [0.1, 0.15) is 11.1 Å². The molecule has 1 rings (SSSR count). The van der Waals surface area contributed by atoms with Gasteiger partial charge < -0.3 is 14.6 Å². The molecule has 3 heteroatoms. The van der Waals surface area contributed by atoms with Crippen LogP contribution in [-0.2, 0) is 13.0 Å². The van der Waals surface area contributed by atoms with Crippen molar-refractivity contribution in [2.75, 3.05) is 14.2 Å². The summed E-state index contributed by atoms with van der Waals surface area (Å²) in [6.07, 6.45) is 2.42. The lowest BCUT2D eigenvalue weighted by Gasteiger charge is -2.14. The molecule has 0 bridgehead atoms. The van der Waals surface area contributed by atoms with Crippen molar-refractivity contribution in [3.63, 3.8) is 0 Å². The quantitative estimate of drug-likeness (QED) is 0.751. The van der Waals surface area contributed by atoms with Crippen LogP contribution in [0.25, 0.3) is 0 Å². The average molecular weight is 208 g/mol. The van der Waals surface area contributed by atoms with Gasteiger partial charge in [0.15, 0.2) is 11.5 Å². The van der Waals surface area contributed by atoms with Gasteiger partial charge in [0.1, 0.15) is 0 Å². The molecule has 82 valence electrons. The van der Waals surface area contributed by atoms with E-state index in [1.54, 1.807) is 26.4 Å². The molecule has 0 aliphatic carbocycles. The summed E-state index contributed by atoms with van der Waals surface area (Å²) in [7, 11) is 3.18. The van der Waals surface area contributed by atoms with Gasteiger partial charge in [0.2, 0.25) is 0 Å². The molecule has 0 amide bonds. The molecule has 0 saturated carbocycles. The highest BCUT2D eigenvalue weighted by molar-refractivity contribution is 5.51. The third-order valence-electron chi connectivity index (χ3n) is 2.26. The number of methoxy groups -OCH3 is 2. The molecule has 1 aromatic rings. The van der Waals surface area contributed by atoms with Crippen molar-refractivity contribution in [3.8, 4) is 11.5 Å². The summed E-state index contributed by atoms with van der Waals surface area (Å²) in [6, 6.07) is 3.62. The molecule has 0 atom stereocenters. The molecular weight excluding hydrogens is 192 g/mol. The SMILES string of the molecule is C=CCc1c(CO)ccc(OC)c1OC. The van der Waals surface area contributed by atoms with Crippen molar-refractivity contribution < 1.29 is 14.6 Å². The summed E-state index contributed by atoms with van der Waals surface area (Å²) in [5.74, 6) is 1.34. The summed E-state index contributed by atoms with van der Waals surface area (Å²) in [5, 5.41) is 9.20. The second kappa shape index (κ2) is 5.41. The van der Waals surface area contributed by atoms with E-state index in [-0.39, 0.29) is 6.61 Å². The Bertz CT molecular complexity index is 345. The van der Waals surface area contributed by atoms with E-state index in [1.807, 2.05) is 6.07 Å². The van der Waals surface area contributed by atoms with Crippen LogP contribution in [0.5, 0.6) is 11.5 Å². The smallest absolute Gasteiger partial charge is 0.164 e. The highest BCUT2D eigenvalue weighted by Crippen LogP contribution is 2.33. The first-order valence-electron chi connectivity index (χ1n) is 4.73. The van der Waals surface area contributed by atoms with Gasteiger partial charge in [0, 0.05) is 5.56 Å². The van der Waals surface area contributed by atoms with Gasteiger partial charge in [0.05, 0.1) is 20.8 Å². The molecule has 15 heavy (non-hydrogen) atoms. The predicted octanol–water partition coefficient (Wildman–Crippen LogP) is 1.92. The number of allylic oxidation sites excluding steroid dienone is 1. The van der Waals surface area contributed by atoms with Crippen LogP contribution < -0.4 is 9.47 Å². The van der Waals surface area contributed by atoms with Gasteiger partial charge in [-0.1, -0.05) is 12.1 Å². The molecule has 3 nitrogen and oxygen atoms in total. The molecule has 0 aliphatic heterocycles. The Labute approximate surface area is 90.0 Å². The first-order valence-corrected chi connectivity index (χ1v) is 4.73. The first-order chi connectivity index (χ1) is 7.28. The maximum Gasteiger partial charge on any atom is 0.164 e. The van der Waals surface area contributed by atoms with Gasteiger partial charge >= 0.3 is 0 Å². The number of hydrogen-bond acceptors (Lipinski definition) is 3. The molecule has 1 N–H and O–H groups in total. The molecule has 0 unspecified atom stereocenters. The van der Waals surface area contributed by atoms with Crippen LogP contribution in [0.2, 0.25) is 0 Å². The topological polar surface area (TPSA) is 38.7 Å². The van der Waals surface area contributed by atoms with Crippen molar-refractivity contribution >= 4 is 0 Å². The van der Waals surface area contributed by atoms with Crippen LogP contribution in [-0.4, -0.2) is 19.3 Å². The fourth-order valence-electron chi connectivity index (χ4n) is 1.55. The first kappa shape index (κ1) is 11.6. The maximum absolute atomic E-state index is 9.20. The van der Waals surface area contributed by atoms with E-state index < -0.39 is 0 Å². The number of aliphatic hydroxyl groups is 1. The molecule has 0 aromatic heterocycles. The number of benzene rings is 1. The van der Waals surface area contributed by atoms with Crippen LogP contribution in [0.3, 0.4) is 0 Å². The van der Waals surface area contributed by atoms with E-state index in [2.05, 4.69) is 6.58 Å². The lowest BCUT2D eigenvalue weighted by molar-refractivity contribution is 0.278. The van der Waals surface area contributed by atoms with Crippen molar-refractivity contribution in [2.45, 2.75) is 13.0 Å². The largest absolute Gasteiger partial charge is 0.493 e. The summed E-state index contributed by atoms with van der Waals surface area (Å²) >= 11 is 0. The Balaban J connectivity index is 3.29. The fourth-order valence-corrected chi connectivity index (χ4v) is 1.55. The maximum atomic E-state index is 9.20. The third kappa shape index (κ3) is 2.30. The Kier molecular flexibility index (Phi) is 4.18. The molecule has 0 saturated heterocycles. The average Bonchev–Trinajstić information content (AvgIpc) is 2.28. The van der Waals surface area contributed by atoms with Gasteiger partial charge in [-0.15, -0.1) is 6.58 Å². The molecule has 0 aliphatic rings. The fraction of sp³-hybridized carbons (Fsp3) is 0.333. The van der Waals surface area contributed by atoms with E-state index in [1.165, 1.54) is 0 Å². The zero-order valence-electron chi connectivity index (χ0n) is 9.12. The zero-order valence-corrected chi connectivity index (χ0v) is 9.12. The zero-order chi connectivity index (χ0) is 11.3. The van der Waals surface area contributed by atoms with Gasteiger partial charge in [-0.3, -0.25) is 0 Å². The summed E-state index contributed by atoms with van der Waals surface area (Å²) in [6.45, 7) is 3.67. The molecule has 0 fully saturated rings. The standard InChI is InChI=1S/C12H16O3/c1-4-5-10-9(8-13)6-7-11(14-2)12(10)15-3/h4,6-7,13H,1,5,8H2,2-3H3. The monoisotopic (exact) mass is 208 g/mol. The molecular formula is C12H16O3. The minimum Gasteiger partial charge on any atom is -0.493 e. The highest BCUT2D eigenvalue weighted by Gasteiger charge is 2.12. The van der Waals surface area contributed by atoms with Crippen molar-refractivity contribution in [3.05, 3.63) is 35.9 Å². The van der Waals surface area contributed by atoms with Crippen molar-refractivity contribution in [1.29, 1.82) is 0 Å². The minimum atomic E-state index is -0.0104. The van der Waals surface area contributed by atoms with Crippen molar-refractivity contribution in [1.82, 2.24) is 0 Å². The minimum absolute atomic E-state index is 0.0104. The van der Waals surface area contributed by atoms with Gasteiger partial charge in [-0.2, -0.15) is 0 Å². The predicted molar refractivity (Wildman–Crippen MR) is 59.4 cm³/mol. The van der Waals surface area contributed by atoms with Gasteiger partial charge in [-0.25, -0.2) is 0 Å². The lowest BCUT2D eigenvalue weighted by Crippen LogP contribution is -2.00. The molecule has 0 radical (unpaired) electrons. The van der Waals surface area contributed by atoms with Crippen LogP contribution >= 0.6 is 0 Å². The van der Waals surface area contributed by atoms with E-state index in [0.717, 1.165) is 11.1 Å². The van der Waals surface area contributed by atoms with Gasteiger partial charge in [-0.05, 0) is 18.1 Å². The normalized spacial score (nSPS) is 9.80. The van der Waals surface area contributed by atoms with Crippen LogP contribution in [0.4, 0.5) is 0 Å². The van der Waals surface area contributed by atoms with E-state index in [9.17, 15) is 5.11 Å². The number of aliphatic hydroxyl groups excluding tert-OH is 1. The Morgan fingerprint density at radius 1 is 1.33 bits per heavy atom. The number of ether oxygens (including phenoxy) is 2. The van der Waals surface area contributed by atoms with Crippen LogP contribution in [0, 0.1) is 0 Å². The highest BCUT2D eigenvalue weighted by atomic mass is 16.5. The molecule has 1 aromatic carbocycles. The second-order valence-electron chi connectivity index (χ2n) is 3.09.